The van der Waals surface area contributed by atoms with E-state index >= 15 is 0 Å². The summed E-state index contributed by atoms with van der Waals surface area (Å²) < 4.78 is 11.0. The Labute approximate surface area is 126 Å². The molecule has 4 heteroatoms. The second-order valence-corrected chi connectivity index (χ2v) is 5.68. The van der Waals surface area contributed by atoms with Crippen LogP contribution in [0.3, 0.4) is 0 Å². The molecule has 1 aromatic rings. The fraction of sp³-hybridized carbons (Fsp3) is 0.625. The van der Waals surface area contributed by atoms with E-state index in [2.05, 4.69) is 18.3 Å². The second-order valence-electron chi connectivity index (χ2n) is 5.27. The molecule has 1 aromatic carbocycles. The van der Waals surface area contributed by atoms with Crippen LogP contribution in [-0.4, -0.2) is 26.4 Å². The monoisotopic (exact) mass is 297 g/mol. The molecule has 1 heterocycles. The molecule has 1 aliphatic rings. The molecule has 0 saturated carbocycles. The predicted molar refractivity (Wildman–Crippen MR) is 82.6 cm³/mol. The molecule has 0 radical (unpaired) electrons. The number of hydrogen-bond donors (Lipinski definition) is 1. The van der Waals surface area contributed by atoms with Crippen LogP contribution in [0.4, 0.5) is 0 Å². The standard InChI is InChI=1S/C16H24ClNO2/c1-3-8-18-15(11-13-5-4-9-20-13)12-6-7-16(19-2)14(17)10-12/h6-7,10,13,15,18H,3-5,8-9,11H2,1-2H3. The molecular formula is C16H24ClNO2. The SMILES string of the molecule is CCCNC(CC1CCCO1)c1ccc(OC)c(Cl)c1. The van der Waals surface area contributed by atoms with Crippen LogP contribution >= 0.6 is 11.6 Å². The molecule has 1 N–H and O–H groups in total. The maximum Gasteiger partial charge on any atom is 0.137 e. The third kappa shape index (κ3) is 4.11. The van der Waals surface area contributed by atoms with Crippen molar-refractivity contribution in [2.75, 3.05) is 20.3 Å². The van der Waals surface area contributed by atoms with Gasteiger partial charge in [-0.3, -0.25) is 0 Å². The molecule has 0 amide bonds. The largest absolute Gasteiger partial charge is 0.495 e. The van der Waals surface area contributed by atoms with Gasteiger partial charge in [-0.15, -0.1) is 0 Å². The Kier molecular flexibility index (Phi) is 6.14. The van der Waals surface area contributed by atoms with Gasteiger partial charge in [-0.2, -0.15) is 0 Å². The first-order chi connectivity index (χ1) is 9.74. The number of halogens is 1. The van der Waals surface area contributed by atoms with Crippen LogP contribution in [0.15, 0.2) is 18.2 Å². The Balaban J connectivity index is 2.09. The maximum atomic E-state index is 6.24. The van der Waals surface area contributed by atoms with Crippen LogP contribution in [0.5, 0.6) is 5.75 Å². The summed E-state index contributed by atoms with van der Waals surface area (Å²) in [6, 6.07) is 6.32. The van der Waals surface area contributed by atoms with Crippen LogP contribution in [0.25, 0.3) is 0 Å². The van der Waals surface area contributed by atoms with Gasteiger partial charge in [0, 0.05) is 12.6 Å². The molecule has 0 bridgehead atoms. The zero-order valence-corrected chi connectivity index (χ0v) is 13.1. The fourth-order valence-corrected chi connectivity index (χ4v) is 2.91. The maximum absolute atomic E-state index is 6.24. The average molecular weight is 298 g/mol. The summed E-state index contributed by atoms with van der Waals surface area (Å²) in [5, 5.41) is 4.27. The molecule has 0 aromatic heterocycles. The summed E-state index contributed by atoms with van der Waals surface area (Å²) in [7, 11) is 1.64. The van der Waals surface area contributed by atoms with Gasteiger partial charge in [0.2, 0.25) is 0 Å². The Morgan fingerprint density at radius 3 is 2.95 bits per heavy atom. The van der Waals surface area contributed by atoms with Crippen molar-refractivity contribution >= 4 is 11.6 Å². The highest BCUT2D eigenvalue weighted by Gasteiger charge is 2.22. The van der Waals surface area contributed by atoms with Gasteiger partial charge < -0.3 is 14.8 Å². The lowest BCUT2D eigenvalue weighted by atomic mass is 9.99. The average Bonchev–Trinajstić information content (AvgIpc) is 2.96. The van der Waals surface area contributed by atoms with E-state index < -0.39 is 0 Å². The number of benzene rings is 1. The van der Waals surface area contributed by atoms with Crippen molar-refractivity contribution in [2.45, 2.75) is 44.8 Å². The van der Waals surface area contributed by atoms with Crippen molar-refractivity contribution in [2.24, 2.45) is 0 Å². The number of methoxy groups -OCH3 is 1. The minimum Gasteiger partial charge on any atom is -0.495 e. The Morgan fingerprint density at radius 2 is 2.35 bits per heavy atom. The summed E-state index contributed by atoms with van der Waals surface area (Å²) in [6.07, 6.45) is 4.82. The Morgan fingerprint density at radius 1 is 1.50 bits per heavy atom. The smallest absolute Gasteiger partial charge is 0.137 e. The molecule has 0 aliphatic carbocycles. The zero-order valence-electron chi connectivity index (χ0n) is 12.3. The summed E-state index contributed by atoms with van der Waals surface area (Å²) >= 11 is 6.24. The molecule has 1 saturated heterocycles. The van der Waals surface area contributed by atoms with Crippen molar-refractivity contribution in [3.05, 3.63) is 28.8 Å². The fourth-order valence-electron chi connectivity index (χ4n) is 2.65. The first-order valence-electron chi connectivity index (χ1n) is 7.43. The van der Waals surface area contributed by atoms with Crippen molar-refractivity contribution in [1.29, 1.82) is 0 Å². The van der Waals surface area contributed by atoms with Crippen LogP contribution < -0.4 is 10.1 Å². The van der Waals surface area contributed by atoms with Gasteiger partial charge in [0.15, 0.2) is 0 Å². The third-order valence-corrected chi connectivity index (χ3v) is 4.04. The van der Waals surface area contributed by atoms with Gasteiger partial charge in [-0.05, 0) is 49.9 Å². The van der Waals surface area contributed by atoms with Crippen molar-refractivity contribution in [3.63, 3.8) is 0 Å². The van der Waals surface area contributed by atoms with Gasteiger partial charge in [0.05, 0.1) is 18.2 Å². The van der Waals surface area contributed by atoms with Crippen LogP contribution in [0, 0.1) is 0 Å². The van der Waals surface area contributed by atoms with E-state index in [0.717, 1.165) is 38.2 Å². The lowest BCUT2D eigenvalue weighted by molar-refractivity contribution is 0.0946. The molecule has 2 rings (SSSR count). The topological polar surface area (TPSA) is 30.5 Å². The van der Waals surface area contributed by atoms with E-state index in [1.807, 2.05) is 12.1 Å². The van der Waals surface area contributed by atoms with Crippen LogP contribution in [-0.2, 0) is 4.74 Å². The molecule has 1 fully saturated rings. The second kappa shape index (κ2) is 7.87. The quantitative estimate of drug-likeness (QED) is 0.826. The van der Waals surface area contributed by atoms with Crippen molar-refractivity contribution in [3.8, 4) is 5.75 Å². The number of rotatable bonds is 7. The molecule has 2 unspecified atom stereocenters. The summed E-state index contributed by atoms with van der Waals surface area (Å²) in [4.78, 5) is 0. The minimum absolute atomic E-state index is 0.293. The highest BCUT2D eigenvalue weighted by Crippen LogP contribution is 2.31. The highest BCUT2D eigenvalue weighted by atomic mass is 35.5. The lowest BCUT2D eigenvalue weighted by Gasteiger charge is -2.22. The Hall–Kier alpha value is -0.770. The first kappa shape index (κ1) is 15.6. The minimum atomic E-state index is 0.293. The van der Waals surface area contributed by atoms with Gasteiger partial charge in [0.25, 0.3) is 0 Å². The molecule has 0 spiro atoms. The normalized spacial score (nSPS) is 20.1. The summed E-state index contributed by atoms with van der Waals surface area (Å²) in [5.74, 6) is 0.724. The van der Waals surface area contributed by atoms with Gasteiger partial charge >= 0.3 is 0 Å². The molecular weight excluding hydrogens is 274 g/mol. The molecule has 112 valence electrons. The predicted octanol–water partition coefficient (Wildman–Crippen LogP) is 3.96. The van der Waals surface area contributed by atoms with Crippen LogP contribution in [0.2, 0.25) is 5.02 Å². The lowest BCUT2D eigenvalue weighted by Crippen LogP contribution is -2.26. The van der Waals surface area contributed by atoms with Crippen molar-refractivity contribution < 1.29 is 9.47 Å². The molecule has 2 atom stereocenters. The third-order valence-electron chi connectivity index (χ3n) is 3.74. The summed E-state index contributed by atoms with van der Waals surface area (Å²) in [6.45, 7) is 4.08. The van der Waals surface area contributed by atoms with E-state index in [4.69, 9.17) is 21.1 Å². The Bertz CT molecular complexity index is 419. The number of ether oxygens (including phenoxy) is 2. The number of hydrogen-bond acceptors (Lipinski definition) is 3. The number of nitrogens with one attached hydrogen (secondary N) is 1. The van der Waals surface area contributed by atoms with E-state index in [1.54, 1.807) is 7.11 Å². The van der Waals surface area contributed by atoms with Crippen LogP contribution in [0.1, 0.15) is 44.2 Å². The van der Waals surface area contributed by atoms with E-state index in [9.17, 15) is 0 Å². The van der Waals surface area contributed by atoms with E-state index in [0.29, 0.717) is 17.2 Å². The van der Waals surface area contributed by atoms with Gasteiger partial charge in [0.1, 0.15) is 5.75 Å². The van der Waals surface area contributed by atoms with E-state index in [1.165, 1.54) is 12.0 Å². The summed E-state index contributed by atoms with van der Waals surface area (Å²) in [5.41, 5.74) is 1.21. The zero-order chi connectivity index (χ0) is 14.4. The molecule has 3 nitrogen and oxygen atoms in total. The first-order valence-corrected chi connectivity index (χ1v) is 7.80. The van der Waals surface area contributed by atoms with E-state index in [-0.39, 0.29) is 0 Å². The van der Waals surface area contributed by atoms with Gasteiger partial charge in [-0.25, -0.2) is 0 Å². The molecule has 20 heavy (non-hydrogen) atoms. The molecule has 1 aliphatic heterocycles. The highest BCUT2D eigenvalue weighted by molar-refractivity contribution is 6.32. The van der Waals surface area contributed by atoms with Gasteiger partial charge in [-0.1, -0.05) is 24.6 Å². The van der Waals surface area contributed by atoms with Crippen molar-refractivity contribution in [1.82, 2.24) is 5.32 Å².